The van der Waals surface area contributed by atoms with Crippen molar-refractivity contribution in [3.05, 3.63) is 81.9 Å². The highest BCUT2D eigenvalue weighted by atomic mass is 35.5. The van der Waals surface area contributed by atoms with Crippen molar-refractivity contribution in [1.29, 1.82) is 0 Å². The number of aromatic nitrogens is 2. The fourth-order valence-corrected chi connectivity index (χ4v) is 5.10. The Hall–Kier alpha value is -2.95. The average molecular weight is 604 g/mol. The lowest BCUT2D eigenvalue weighted by atomic mass is 9.90. The molecule has 9 nitrogen and oxygen atoms in total. The molecule has 0 unspecified atom stereocenters. The molecular weight excluding hydrogens is 567 g/mol. The minimum absolute atomic E-state index is 0.0307. The van der Waals surface area contributed by atoms with Crippen molar-refractivity contribution in [3.63, 3.8) is 0 Å². The number of nitrogens with one attached hydrogen (secondary N) is 2. The number of imidazole rings is 1. The molecule has 220 valence electrons. The summed E-state index contributed by atoms with van der Waals surface area (Å²) in [5.41, 5.74) is 3.30. The number of carbonyl (C=O) groups is 2. The molecule has 2 heterocycles. The molecule has 1 saturated heterocycles. The molecule has 2 amide bonds. The van der Waals surface area contributed by atoms with Gasteiger partial charge in [-0.3, -0.25) is 9.59 Å². The molecule has 1 aromatic heterocycles. The Morgan fingerprint density at radius 1 is 1.00 bits per heavy atom. The number of hydrogen-bond acceptors (Lipinski definition) is 6. The van der Waals surface area contributed by atoms with Gasteiger partial charge in [-0.2, -0.15) is 0 Å². The number of amides is 2. The number of rotatable bonds is 12. The smallest absolute Gasteiger partial charge is 0.224 e. The first-order valence-electron chi connectivity index (χ1n) is 13.8. The van der Waals surface area contributed by atoms with Gasteiger partial charge in [-0.05, 0) is 36.1 Å². The third kappa shape index (κ3) is 8.53. The lowest BCUT2D eigenvalue weighted by Crippen LogP contribution is -2.39. The summed E-state index contributed by atoms with van der Waals surface area (Å²) in [6, 6.07) is 15.1. The van der Waals surface area contributed by atoms with Crippen LogP contribution in [0.15, 0.2) is 54.9 Å². The third-order valence-electron chi connectivity index (χ3n) is 7.15. The number of benzene rings is 2. The molecule has 1 aliphatic rings. The molecule has 0 spiro atoms. The molecule has 4 atom stereocenters. The van der Waals surface area contributed by atoms with Crippen molar-refractivity contribution in [2.24, 2.45) is 5.92 Å². The van der Waals surface area contributed by atoms with E-state index in [-0.39, 0.29) is 41.7 Å². The number of aliphatic hydroxyl groups is 1. The molecule has 11 heteroatoms. The van der Waals surface area contributed by atoms with E-state index < -0.39 is 6.29 Å². The summed E-state index contributed by atoms with van der Waals surface area (Å²) in [7, 11) is 0. The fraction of sp³-hybridized carbons (Fsp3) is 0.433. The van der Waals surface area contributed by atoms with Crippen LogP contribution in [-0.4, -0.2) is 39.1 Å². The van der Waals surface area contributed by atoms with E-state index in [1.807, 2.05) is 48.5 Å². The second-order valence-corrected chi connectivity index (χ2v) is 11.0. The molecule has 0 radical (unpaired) electrons. The second kappa shape index (κ2) is 14.8. The molecule has 0 saturated carbocycles. The van der Waals surface area contributed by atoms with Crippen LogP contribution in [0.1, 0.15) is 68.6 Å². The average Bonchev–Trinajstić information content (AvgIpc) is 3.28. The van der Waals surface area contributed by atoms with Crippen LogP contribution in [0, 0.1) is 5.92 Å². The van der Waals surface area contributed by atoms with E-state index in [0.29, 0.717) is 30.4 Å². The van der Waals surface area contributed by atoms with Crippen LogP contribution in [-0.2, 0) is 32.2 Å². The first kappa shape index (κ1) is 31.0. The fourth-order valence-electron chi connectivity index (χ4n) is 4.79. The summed E-state index contributed by atoms with van der Waals surface area (Å²) in [6.07, 6.45) is 3.24. The van der Waals surface area contributed by atoms with Crippen LogP contribution in [0.25, 0.3) is 0 Å². The number of ether oxygens (including phenoxy) is 2. The van der Waals surface area contributed by atoms with Crippen LogP contribution >= 0.6 is 23.2 Å². The third-order valence-corrected chi connectivity index (χ3v) is 7.92. The topological polar surface area (TPSA) is 115 Å². The zero-order chi connectivity index (χ0) is 29.4. The second-order valence-electron chi connectivity index (χ2n) is 10.3. The Morgan fingerprint density at radius 3 is 2.34 bits per heavy atom. The highest BCUT2D eigenvalue weighted by Crippen LogP contribution is 2.42. The van der Waals surface area contributed by atoms with Gasteiger partial charge in [0.2, 0.25) is 11.8 Å². The van der Waals surface area contributed by atoms with E-state index in [0.717, 1.165) is 36.0 Å². The largest absolute Gasteiger partial charge is 0.392 e. The van der Waals surface area contributed by atoms with Gasteiger partial charge in [0.1, 0.15) is 5.15 Å². The Bertz CT molecular complexity index is 1300. The van der Waals surface area contributed by atoms with Crippen molar-refractivity contribution >= 4 is 40.7 Å². The number of halogens is 2. The van der Waals surface area contributed by atoms with Crippen LogP contribution < -0.4 is 10.6 Å². The van der Waals surface area contributed by atoms with E-state index in [1.54, 1.807) is 10.9 Å². The highest BCUT2D eigenvalue weighted by Gasteiger charge is 2.38. The van der Waals surface area contributed by atoms with Gasteiger partial charge in [0.15, 0.2) is 11.4 Å². The van der Waals surface area contributed by atoms with Gasteiger partial charge in [0.05, 0.1) is 31.7 Å². The van der Waals surface area contributed by atoms with Crippen molar-refractivity contribution in [2.75, 3.05) is 11.9 Å². The number of carbonyl (C=O) groups excluding carboxylic acids is 2. The minimum atomic E-state index is -0.662. The molecule has 1 fully saturated rings. The quantitative estimate of drug-likeness (QED) is 0.225. The zero-order valence-electron chi connectivity index (χ0n) is 23.2. The van der Waals surface area contributed by atoms with Crippen LogP contribution in [0.2, 0.25) is 10.3 Å². The van der Waals surface area contributed by atoms with Crippen molar-refractivity contribution in [1.82, 2.24) is 14.9 Å². The molecule has 3 N–H and O–H groups in total. The number of nitrogens with zero attached hydrogens (tertiary/aromatic N) is 2. The van der Waals surface area contributed by atoms with Crippen molar-refractivity contribution in [2.45, 2.75) is 71.2 Å². The predicted molar refractivity (Wildman–Crippen MR) is 157 cm³/mol. The van der Waals surface area contributed by atoms with Gasteiger partial charge in [0.25, 0.3) is 0 Å². The minimum Gasteiger partial charge on any atom is -0.392 e. The van der Waals surface area contributed by atoms with Crippen molar-refractivity contribution in [3.8, 4) is 0 Å². The maximum atomic E-state index is 12.4. The van der Waals surface area contributed by atoms with Crippen molar-refractivity contribution < 1.29 is 24.2 Å². The Labute approximate surface area is 250 Å². The standard InChI is InChI=1S/C30H36Cl2N4O5/c1-19-25(16-36-18-34-28(31)29(36)32)40-30(41-27(19)22-9-7-21(17-37)8-10-22)23-11-13-24(14-12-23)35-26(39)6-4-3-5-15-33-20(2)38/h7-14,18-19,25,27,30,37H,3-6,15-17H2,1-2H3,(H,33,38)(H,35,39)/t19-,25+,27+,30+/m1/s1. The summed E-state index contributed by atoms with van der Waals surface area (Å²) in [6.45, 7) is 4.59. The molecule has 4 rings (SSSR count). The van der Waals surface area contributed by atoms with E-state index >= 15 is 0 Å². The Balaban J connectivity index is 1.42. The summed E-state index contributed by atoms with van der Waals surface area (Å²) >= 11 is 12.4. The van der Waals surface area contributed by atoms with E-state index in [9.17, 15) is 14.7 Å². The monoisotopic (exact) mass is 602 g/mol. The van der Waals surface area contributed by atoms with Gasteiger partial charge in [-0.25, -0.2) is 4.98 Å². The maximum Gasteiger partial charge on any atom is 0.224 e. The van der Waals surface area contributed by atoms with Crippen LogP contribution in [0.4, 0.5) is 5.69 Å². The molecular formula is C30H36Cl2N4O5. The molecule has 0 aliphatic carbocycles. The number of anilines is 1. The maximum absolute atomic E-state index is 12.4. The summed E-state index contributed by atoms with van der Waals surface area (Å²) in [5, 5.41) is 15.7. The van der Waals surface area contributed by atoms with Gasteiger partial charge in [-0.1, -0.05) is 72.9 Å². The summed E-state index contributed by atoms with van der Waals surface area (Å²) in [5.74, 6) is -0.140. The molecule has 1 aliphatic heterocycles. The van der Waals surface area contributed by atoms with Gasteiger partial charge in [0, 0.05) is 37.1 Å². The SMILES string of the molecule is CC(=O)NCCCCCC(=O)Nc1ccc([C@H]2O[C@@H](Cn3cnc(Cl)c3Cl)[C@@H](C)[C@@H](c3ccc(CO)cc3)O2)cc1. The first-order chi connectivity index (χ1) is 19.7. The summed E-state index contributed by atoms with van der Waals surface area (Å²) < 4.78 is 14.7. The zero-order valence-corrected chi connectivity index (χ0v) is 24.7. The van der Waals surface area contributed by atoms with Crippen LogP contribution in [0.3, 0.4) is 0 Å². The molecule has 3 aromatic rings. The normalized spacial score (nSPS) is 20.5. The number of hydrogen-bond donors (Lipinski definition) is 3. The summed E-state index contributed by atoms with van der Waals surface area (Å²) in [4.78, 5) is 27.4. The lowest BCUT2D eigenvalue weighted by molar-refractivity contribution is -0.276. The molecule has 0 bridgehead atoms. The van der Waals surface area contributed by atoms with Gasteiger partial charge >= 0.3 is 0 Å². The van der Waals surface area contributed by atoms with Crippen LogP contribution in [0.5, 0.6) is 0 Å². The first-order valence-corrected chi connectivity index (χ1v) is 14.5. The van der Waals surface area contributed by atoms with E-state index in [2.05, 4.69) is 22.5 Å². The van der Waals surface area contributed by atoms with E-state index in [4.69, 9.17) is 32.7 Å². The molecule has 41 heavy (non-hydrogen) atoms. The predicted octanol–water partition coefficient (Wildman–Crippen LogP) is 5.81. The molecule has 2 aromatic carbocycles. The Morgan fingerprint density at radius 2 is 1.71 bits per heavy atom. The van der Waals surface area contributed by atoms with Gasteiger partial charge < -0.3 is 29.8 Å². The highest BCUT2D eigenvalue weighted by molar-refractivity contribution is 6.40. The Kier molecular flexibility index (Phi) is 11.2. The van der Waals surface area contributed by atoms with E-state index in [1.165, 1.54) is 6.92 Å². The lowest BCUT2D eigenvalue weighted by Gasteiger charge is -2.41. The number of unbranched alkanes of at least 4 members (excludes halogenated alkanes) is 2. The van der Waals surface area contributed by atoms with Gasteiger partial charge in [-0.15, -0.1) is 0 Å². The number of aliphatic hydroxyl groups excluding tert-OH is 1.